The topological polar surface area (TPSA) is 9.23 Å². The first kappa shape index (κ1) is 17.3. The third-order valence-corrected chi connectivity index (χ3v) is 2.86. The Bertz CT molecular complexity index is 377. The molecule has 0 amide bonds. The van der Waals surface area contributed by atoms with Gasteiger partial charge in [-0.15, -0.1) is 0 Å². The summed E-state index contributed by atoms with van der Waals surface area (Å²) in [5, 5.41) is 0. The molecule has 0 saturated carbocycles. The van der Waals surface area contributed by atoms with Crippen molar-refractivity contribution in [2.45, 2.75) is 38.2 Å². The van der Waals surface area contributed by atoms with E-state index in [9.17, 15) is 0 Å². The first-order chi connectivity index (χ1) is 8.23. The summed E-state index contributed by atoms with van der Waals surface area (Å²) >= 11 is 0. The van der Waals surface area contributed by atoms with Gasteiger partial charge in [-0.3, -0.25) is 0 Å². The molecule has 0 fully saturated rings. The number of unbranched alkanes of at least 4 members (excludes halogenated alkanes) is 3. The molecule has 1 nitrogen and oxygen atoms in total. The molecule has 0 heterocycles. The van der Waals surface area contributed by atoms with Crippen LogP contribution in [0, 0.1) is 18.8 Å². The van der Waals surface area contributed by atoms with Crippen molar-refractivity contribution in [1.29, 1.82) is 0 Å². The Labute approximate surface area is 123 Å². The van der Waals surface area contributed by atoms with Crippen LogP contribution in [-0.2, 0) is 10.3 Å². The summed E-state index contributed by atoms with van der Waals surface area (Å²) < 4.78 is 5.54. The maximum atomic E-state index is 5.54. The van der Waals surface area contributed by atoms with Gasteiger partial charge in [-0.2, -0.15) is 6.42 Å². The monoisotopic (exact) mass is 236 g/mol. The Morgan fingerprint density at radius 2 is 1.89 bits per heavy atom. The van der Waals surface area contributed by atoms with Crippen LogP contribution < -0.4 is 18.9 Å². The number of benzene rings is 1. The van der Waals surface area contributed by atoms with E-state index in [1.54, 1.807) is 7.11 Å². The number of ether oxygens (including phenoxy) is 1. The van der Waals surface area contributed by atoms with Crippen LogP contribution >= 0.6 is 0 Å². The number of hydrogen-bond donors (Lipinski definition) is 0. The summed E-state index contributed by atoms with van der Waals surface area (Å²) in [6.45, 7) is 5.83. The second-order valence-corrected chi connectivity index (χ2v) is 4.22. The summed E-state index contributed by atoms with van der Waals surface area (Å²) in [6.07, 6.45) is 4.16. The van der Waals surface area contributed by atoms with E-state index in [2.05, 4.69) is 18.8 Å². The Kier molecular flexibility index (Phi) is 8.95. The molecule has 1 rings (SSSR count). The van der Waals surface area contributed by atoms with Crippen LogP contribution in [-0.4, -0.2) is 7.11 Å². The van der Waals surface area contributed by atoms with Crippen molar-refractivity contribution in [3.05, 3.63) is 42.8 Å². The van der Waals surface area contributed by atoms with Gasteiger partial charge in [-0.05, 0) is 18.9 Å². The van der Waals surface area contributed by atoms with Crippen molar-refractivity contribution in [3.8, 4) is 11.8 Å². The molecule has 0 N–H and O–H groups in total. The SMILES string of the molecule is [CH2-]CCCCC#CC(C)(OC)c1ccccc1.[Li+]. The fourth-order valence-corrected chi connectivity index (χ4v) is 1.62. The minimum atomic E-state index is -0.494. The predicted molar refractivity (Wildman–Crippen MR) is 72.4 cm³/mol. The molecule has 1 aromatic rings. The van der Waals surface area contributed by atoms with Crippen molar-refractivity contribution in [1.82, 2.24) is 0 Å². The van der Waals surface area contributed by atoms with Crippen LogP contribution in [0.5, 0.6) is 0 Å². The quantitative estimate of drug-likeness (QED) is 0.320. The molecule has 92 valence electrons. The molecule has 0 aromatic heterocycles. The Morgan fingerprint density at radius 1 is 1.22 bits per heavy atom. The Hall–Kier alpha value is -0.663. The summed E-state index contributed by atoms with van der Waals surface area (Å²) in [4.78, 5) is 0. The van der Waals surface area contributed by atoms with E-state index in [1.807, 2.05) is 37.3 Å². The summed E-state index contributed by atoms with van der Waals surface area (Å²) in [7, 11) is 1.71. The average Bonchev–Trinajstić information content (AvgIpc) is 2.39. The van der Waals surface area contributed by atoms with Gasteiger partial charge < -0.3 is 11.7 Å². The third kappa shape index (κ3) is 5.32. The smallest absolute Gasteiger partial charge is 0.362 e. The maximum absolute atomic E-state index is 5.54. The largest absolute Gasteiger partial charge is 1.00 e. The van der Waals surface area contributed by atoms with Gasteiger partial charge in [0.1, 0.15) is 0 Å². The van der Waals surface area contributed by atoms with Crippen LogP contribution in [0.1, 0.15) is 38.2 Å². The zero-order chi connectivity index (χ0) is 12.6. The van der Waals surface area contributed by atoms with Gasteiger partial charge in [0.2, 0.25) is 0 Å². The molecular formula is C16H21LiO. The van der Waals surface area contributed by atoms with Crippen LogP contribution in [0.3, 0.4) is 0 Å². The zero-order valence-corrected chi connectivity index (χ0v) is 11.8. The molecule has 1 aromatic carbocycles. The second-order valence-electron chi connectivity index (χ2n) is 4.22. The molecule has 18 heavy (non-hydrogen) atoms. The summed E-state index contributed by atoms with van der Waals surface area (Å²) in [5.41, 5.74) is 0.610. The van der Waals surface area contributed by atoms with Gasteiger partial charge in [-0.25, -0.2) is 0 Å². The van der Waals surface area contributed by atoms with Crippen LogP contribution in [0.4, 0.5) is 0 Å². The first-order valence-corrected chi connectivity index (χ1v) is 6.13. The molecule has 0 saturated heterocycles. The van der Waals surface area contributed by atoms with Crippen molar-refractivity contribution in [2.75, 3.05) is 7.11 Å². The van der Waals surface area contributed by atoms with E-state index < -0.39 is 5.60 Å². The average molecular weight is 236 g/mol. The van der Waals surface area contributed by atoms with Gasteiger partial charge in [0, 0.05) is 13.5 Å². The predicted octanol–water partition coefficient (Wildman–Crippen LogP) is 0.950. The van der Waals surface area contributed by atoms with E-state index in [4.69, 9.17) is 4.74 Å². The van der Waals surface area contributed by atoms with Crippen molar-refractivity contribution < 1.29 is 23.6 Å². The van der Waals surface area contributed by atoms with Gasteiger partial charge >= 0.3 is 18.9 Å². The second kappa shape index (κ2) is 9.29. The maximum Gasteiger partial charge on any atom is 1.00 e. The van der Waals surface area contributed by atoms with Gasteiger partial charge in [0.05, 0.1) is 0 Å². The van der Waals surface area contributed by atoms with Gasteiger partial charge in [0.15, 0.2) is 5.60 Å². The van der Waals surface area contributed by atoms with Gasteiger partial charge in [0.25, 0.3) is 0 Å². The fraction of sp³-hybridized carbons (Fsp3) is 0.438. The van der Waals surface area contributed by atoms with E-state index in [0.717, 1.165) is 31.2 Å². The van der Waals surface area contributed by atoms with Crippen LogP contribution in [0.25, 0.3) is 0 Å². The molecule has 1 unspecified atom stereocenters. The van der Waals surface area contributed by atoms with E-state index >= 15 is 0 Å². The Balaban J connectivity index is 0.00000289. The van der Waals surface area contributed by atoms with Crippen LogP contribution in [0.15, 0.2) is 30.3 Å². The molecule has 0 aliphatic rings. The molecule has 2 heteroatoms. The molecule has 0 radical (unpaired) electrons. The van der Waals surface area contributed by atoms with Crippen molar-refractivity contribution in [2.24, 2.45) is 0 Å². The minimum absolute atomic E-state index is 0. The molecule has 0 bridgehead atoms. The zero-order valence-electron chi connectivity index (χ0n) is 11.8. The van der Waals surface area contributed by atoms with E-state index in [-0.39, 0.29) is 18.9 Å². The summed E-state index contributed by atoms with van der Waals surface area (Å²) in [5.74, 6) is 6.44. The summed E-state index contributed by atoms with van der Waals surface area (Å²) in [6, 6.07) is 10.1. The standard InChI is InChI=1S/C16H21O.Li/c1-4-5-6-7-11-14-16(2,17-3)15-12-9-8-10-13-15;/h8-10,12-13H,1,4-7H2,2-3H3;/q-1;+1. The third-order valence-electron chi connectivity index (χ3n) is 2.86. The molecule has 1 atom stereocenters. The van der Waals surface area contributed by atoms with Crippen molar-refractivity contribution in [3.63, 3.8) is 0 Å². The molecule has 0 spiro atoms. The van der Waals surface area contributed by atoms with E-state index in [1.165, 1.54) is 0 Å². The number of methoxy groups -OCH3 is 1. The molecule has 0 aliphatic carbocycles. The Morgan fingerprint density at radius 3 is 2.44 bits per heavy atom. The normalized spacial score (nSPS) is 12.8. The van der Waals surface area contributed by atoms with E-state index in [0.29, 0.717) is 0 Å². The molecule has 0 aliphatic heterocycles. The van der Waals surface area contributed by atoms with Crippen molar-refractivity contribution >= 4 is 0 Å². The molecular weight excluding hydrogens is 215 g/mol. The van der Waals surface area contributed by atoms with Gasteiger partial charge in [-0.1, -0.05) is 48.6 Å². The number of hydrogen-bond acceptors (Lipinski definition) is 1. The minimum Gasteiger partial charge on any atom is -0.362 e. The van der Waals surface area contributed by atoms with Crippen LogP contribution in [0.2, 0.25) is 0 Å². The fourth-order valence-electron chi connectivity index (χ4n) is 1.62. The number of rotatable bonds is 5. The first-order valence-electron chi connectivity index (χ1n) is 6.13.